The van der Waals surface area contributed by atoms with E-state index in [-0.39, 0.29) is 0 Å². The van der Waals surface area contributed by atoms with Crippen molar-refractivity contribution in [3.8, 4) is 0 Å². The van der Waals surface area contributed by atoms with Gasteiger partial charge in [-0.25, -0.2) is 15.8 Å². The molecule has 0 bridgehead atoms. The third kappa shape index (κ3) is 3.30. The van der Waals surface area contributed by atoms with Gasteiger partial charge in [0.25, 0.3) is 0 Å². The minimum absolute atomic E-state index is 0.695. The summed E-state index contributed by atoms with van der Waals surface area (Å²) in [7, 11) is 2.08. The van der Waals surface area contributed by atoms with E-state index in [9.17, 15) is 0 Å². The van der Waals surface area contributed by atoms with E-state index in [2.05, 4.69) is 34.3 Å². The Morgan fingerprint density at radius 1 is 1.47 bits per heavy atom. The summed E-state index contributed by atoms with van der Waals surface area (Å²) in [6.07, 6.45) is 4.62. The van der Waals surface area contributed by atoms with Crippen molar-refractivity contribution in [3.05, 3.63) is 11.9 Å². The molecule has 0 radical (unpaired) electrons. The molecule has 1 aliphatic carbocycles. The molecule has 0 atom stereocenters. The first-order valence-electron chi connectivity index (χ1n) is 6.28. The molecular formula is C12H21N5. The molecule has 2 rings (SSSR count). The molecule has 5 heteroatoms. The van der Waals surface area contributed by atoms with Crippen molar-refractivity contribution in [3.63, 3.8) is 0 Å². The molecule has 17 heavy (non-hydrogen) atoms. The van der Waals surface area contributed by atoms with Gasteiger partial charge in [0.1, 0.15) is 17.5 Å². The van der Waals surface area contributed by atoms with Crippen LogP contribution in [-0.4, -0.2) is 23.6 Å². The number of nitrogen functional groups attached to an aromatic ring is 1. The van der Waals surface area contributed by atoms with Gasteiger partial charge in [0.15, 0.2) is 0 Å². The number of nitrogens with one attached hydrogen (secondary N) is 1. The molecule has 1 aromatic rings. The Labute approximate surface area is 102 Å². The maximum Gasteiger partial charge on any atom is 0.145 e. The van der Waals surface area contributed by atoms with Crippen molar-refractivity contribution in [1.29, 1.82) is 0 Å². The minimum atomic E-state index is 0.695. The van der Waals surface area contributed by atoms with Crippen molar-refractivity contribution in [1.82, 2.24) is 9.97 Å². The predicted octanol–water partition coefficient (Wildman–Crippen LogP) is 1.56. The number of hydrazine groups is 1. The number of anilines is 2. The first-order chi connectivity index (χ1) is 8.22. The molecule has 0 unspecified atom stereocenters. The Morgan fingerprint density at radius 3 is 2.82 bits per heavy atom. The molecule has 94 valence electrons. The van der Waals surface area contributed by atoms with Crippen molar-refractivity contribution < 1.29 is 0 Å². The summed E-state index contributed by atoms with van der Waals surface area (Å²) in [6, 6.07) is 1.90. The Kier molecular flexibility index (Phi) is 3.78. The Balaban J connectivity index is 2.14. The van der Waals surface area contributed by atoms with E-state index >= 15 is 0 Å². The first kappa shape index (κ1) is 12.1. The number of hydrogen-bond acceptors (Lipinski definition) is 5. The molecule has 0 aromatic carbocycles. The maximum absolute atomic E-state index is 5.44. The van der Waals surface area contributed by atoms with Crippen LogP contribution in [0.5, 0.6) is 0 Å². The Bertz CT molecular complexity index is 375. The van der Waals surface area contributed by atoms with Gasteiger partial charge in [-0.2, -0.15) is 0 Å². The second-order valence-electron chi connectivity index (χ2n) is 4.75. The van der Waals surface area contributed by atoms with Crippen LogP contribution in [0.4, 0.5) is 11.6 Å². The molecule has 5 nitrogen and oxygen atoms in total. The van der Waals surface area contributed by atoms with E-state index in [1.165, 1.54) is 12.8 Å². The fourth-order valence-electron chi connectivity index (χ4n) is 1.87. The molecule has 1 fully saturated rings. The molecule has 0 saturated heterocycles. The number of hydrogen-bond donors (Lipinski definition) is 2. The lowest BCUT2D eigenvalue weighted by atomic mass is 10.3. The number of aryl methyl sites for hydroxylation is 1. The molecule has 1 aliphatic rings. The zero-order valence-corrected chi connectivity index (χ0v) is 10.6. The second kappa shape index (κ2) is 5.31. The summed E-state index contributed by atoms with van der Waals surface area (Å²) >= 11 is 0. The molecule has 1 heterocycles. The quantitative estimate of drug-likeness (QED) is 0.578. The van der Waals surface area contributed by atoms with E-state index in [1.807, 2.05) is 6.07 Å². The average molecular weight is 235 g/mol. The van der Waals surface area contributed by atoms with E-state index in [0.29, 0.717) is 5.82 Å². The number of aromatic nitrogens is 2. The van der Waals surface area contributed by atoms with E-state index in [4.69, 9.17) is 5.84 Å². The zero-order valence-electron chi connectivity index (χ0n) is 10.6. The van der Waals surface area contributed by atoms with Crippen LogP contribution in [0.3, 0.4) is 0 Å². The van der Waals surface area contributed by atoms with Crippen molar-refractivity contribution >= 4 is 11.6 Å². The van der Waals surface area contributed by atoms with Gasteiger partial charge in [-0.05, 0) is 25.2 Å². The Morgan fingerprint density at radius 2 is 2.24 bits per heavy atom. The predicted molar refractivity (Wildman–Crippen MR) is 69.8 cm³/mol. The first-order valence-corrected chi connectivity index (χ1v) is 6.28. The molecule has 1 aromatic heterocycles. The topological polar surface area (TPSA) is 67.1 Å². The lowest BCUT2D eigenvalue weighted by Gasteiger charge is -2.19. The largest absolute Gasteiger partial charge is 0.359 e. The highest BCUT2D eigenvalue weighted by Crippen LogP contribution is 2.30. The summed E-state index contributed by atoms with van der Waals surface area (Å²) in [6.45, 7) is 3.20. The van der Waals surface area contributed by atoms with Crippen LogP contribution in [0.2, 0.25) is 0 Å². The van der Waals surface area contributed by atoms with Gasteiger partial charge in [0.2, 0.25) is 0 Å². The van der Waals surface area contributed by atoms with Gasteiger partial charge >= 0.3 is 0 Å². The van der Waals surface area contributed by atoms with Crippen LogP contribution in [-0.2, 0) is 6.42 Å². The normalized spacial score (nSPS) is 14.8. The van der Waals surface area contributed by atoms with Crippen LogP contribution >= 0.6 is 0 Å². The van der Waals surface area contributed by atoms with Gasteiger partial charge < -0.3 is 10.3 Å². The highest BCUT2D eigenvalue weighted by molar-refractivity contribution is 5.48. The lowest BCUT2D eigenvalue weighted by Crippen LogP contribution is -2.22. The molecule has 3 N–H and O–H groups in total. The molecule has 1 saturated carbocycles. The fourth-order valence-corrected chi connectivity index (χ4v) is 1.87. The number of nitrogens with zero attached hydrogens (tertiary/aromatic N) is 3. The summed E-state index contributed by atoms with van der Waals surface area (Å²) < 4.78 is 0. The third-order valence-corrected chi connectivity index (χ3v) is 3.00. The monoisotopic (exact) mass is 235 g/mol. The van der Waals surface area contributed by atoms with Crippen LogP contribution in [0, 0.1) is 5.92 Å². The lowest BCUT2D eigenvalue weighted by molar-refractivity contribution is 0.762. The van der Waals surface area contributed by atoms with E-state index in [1.54, 1.807) is 0 Å². The van der Waals surface area contributed by atoms with Gasteiger partial charge in [-0.15, -0.1) is 0 Å². The van der Waals surface area contributed by atoms with E-state index < -0.39 is 0 Å². The van der Waals surface area contributed by atoms with Crippen LogP contribution in [0.25, 0.3) is 0 Å². The summed E-state index contributed by atoms with van der Waals surface area (Å²) in [4.78, 5) is 11.1. The highest BCUT2D eigenvalue weighted by Gasteiger charge is 2.23. The molecule has 0 spiro atoms. The van der Waals surface area contributed by atoms with Crippen molar-refractivity contribution in [2.45, 2.75) is 32.6 Å². The highest BCUT2D eigenvalue weighted by atomic mass is 15.3. The summed E-state index contributed by atoms with van der Waals surface area (Å²) in [5.74, 6) is 8.80. The zero-order chi connectivity index (χ0) is 12.3. The van der Waals surface area contributed by atoms with Crippen molar-refractivity contribution in [2.75, 3.05) is 23.9 Å². The second-order valence-corrected chi connectivity index (χ2v) is 4.75. The standard InChI is InChI=1S/C12H21N5/c1-3-4-10-14-11(16-13)7-12(15-10)17(2)8-9-5-6-9/h7,9H,3-6,8,13H2,1-2H3,(H,14,15,16). The summed E-state index contributed by atoms with van der Waals surface area (Å²) in [5.41, 5.74) is 2.61. The summed E-state index contributed by atoms with van der Waals surface area (Å²) in [5, 5.41) is 0. The van der Waals surface area contributed by atoms with E-state index in [0.717, 1.165) is 36.9 Å². The van der Waals surface area contributed by atoms with Crippen LogP contribution in [0.15, 0.2) is 6.07 Å². The van der Waals surface area contributed by atoms with Gasteiger partial charge in [0.05, 0.1) is 0 Å². The minimum Gasteiger partial charge on any atom is -0.359 e. The van der Waals surface area contributed by atoms with Crippen LogP contribution in [0.1, 0.15) is 32.0 Å². The molecule has 0 aliphatic heterocycles. The SMILES string of the molecule is CCCc1nc(NN)cc(N(C)CC2CC2)n1. The van der Waals surface area contributed by atoms with Gasteiger partial charge in [-0.3, -0.25) is 0 Å². The number of nitrogens with two attached hydrogens (primary N) is 1. The van der Waals surface area contributed by atoms with Gasteiger partial charge in [0, 0.05) is 26.1 Å². The smallest absolute Gasteiger partial charge is 0.145 e. The molecular weight excluding hydrogens is 214 g/mol. The van der Waals surface area contributed by atoms with Gasteiger partial charge in [-0.1, -0.05) is 6.92 Å². The maximum atomic E-state index is 5.44. The fraction of sp³-hybridized carbons (Fsp3) is 0.667. The molecule has 0 amide bonds. The average Bonchev–Trinajstić information content (AvgIpc) is 3.13. The number of rotatable bonds is 6. The van der Waals surface area contributed by atoms with Crippen LogP contribution < -0.4 is 16.2 Å². The Hall–Kier alpha value is -1.36. The van der Waals surface area contributed by atoms with Crippen molar-refractivity contribution in [2.24, 2.45) is 11.8 Å². The third-order valence-electron chi connectivity index (χ3n) is 3.00.